The highest BCUT2D eigenvalue weighted by Gasteiger charge is 2.04. The van der Waals surface area contributed by atoms with Gasteiger partial charge >= 0.3 is 0 Å². The molecule has 1 unspecified atom stereocenters. The quantitative estimate of drug-likeness (QED) is 0.712. The molecule has 0 heterocycles. The monoisotopic (exact) mass is 166 g/mol. The number of aryl methyl sites for hydroxylation is 1. The average molecular weight is 166 g/mol. The highest BCUT2D eigenvalue weighted by Crippen LogP contribution is 2.15. The SMILES string of the molecule is Cc1ccc(C(O)CCO)cc1. The highest BCUT2D eigenvalue weighted by atomic mass is 16.3. The molecule has 0 spiro atoms. The van der Waals surface area contributed by atoms with Crippen LogP contribution >= 0.6 is 0 Å². The van der Waals surface area contributed by atoms with E-state index in [4.69, 9.17) is 5.11 Å². The van der Waals surface area contributed by atoms with Gasteiger partial charge in [0, 0.05) is 13.0 Å². The number of benzene rings is 1. The summed E-state index contributed by atoms with van der Waals surface area (Å²) in [5.74, 6) is 0. The number of hydrogen-bond acceptors (Lipinski definition) is 2. The molecule has 0 aliphatic heterocycles. The Labute approximate surface area is 72.5 Å². The third-order valence-electron chi connectivity index (χ3n) is 1.86. The fourth-order valence-electron chi connectivity index (χ4n) is 1.08. The number of aliphatic hydroxyl groups is 2. The largest absolute Gasteiger partial charge is 0.396 e. The topological polar surface area (TPSA) is 40.5 Å². The maximum absolute atomic E-state index is 9.45. The second-order valence-corrected chi connectivity index (χ2v) is 2.94. The Bertz CT molecular complexity index is 228. The van der Waals surface area contributed by atoms with Crippen molar-refractivity contribution in [2.24, 2.45) is 0 Å². The minimum Gasteiger partial charge on any atom is -0.396 e. The molecular formula is C10H14O2. The Morgan fingerprint density at radius 2 is 1.83 bits per heavy atom. The Morgan fingerprint density at radius 3 is 2.33 bits per heavy atom. The van der Waals surface area contributed by atoms with E-state index in [0.717, 1.165) is 5.56 Å². The van der Waals surface area contributed by atoms with Gasteiger partial charge in [-0.3, -0.25) is 0 Å². The molecule has 0 amide bonds. The maximum Gasteiger partial charge on any atom is 0.0811 e. The smallest absolute Gasteiger partial charge is 0.0811 e. The molecule has 2 heteroatoms. The van der Waals surface area contributed by atoms with E-state index in [1.807, 2.05) is 31.2 Å². The van der Waals surface area contributed by atoms with E-state index >= 15 is 0 Å². The molecule has 12 heavy (non-hydrogen) atoms. The van der Waals surface area contributed by atoms with E-state index in [9.17, 15) is 5.11 Å². The van der Waals surface area contributed by atoms with Gasteiger partial charge in [-0.25, -0.2) is 0 Å². The molecule has 1 atom stereocenters. The Hall–Kier alpha value is -0.860. The average Bonchev–Trinajstić information content (AvgIpc) is 2.06. The molecule has 0 saturated heterocycles. The zero-order valence-electron chi connectivity index (χ0n) is 7.20. The summed E-state index contributed by atoms with van der Waals surface area (Å²) < 4.78 is 0. The van der Waals surface area contributed by atoms with Crippen LogP contribution in [0.4, 0.5) is 0 Å². The fourth-order valence-corrected chi connectivity index (χ4v) is 1.08. The van der Waals surface area contributed by atoms with Gasteiger partial charge in [0.1, 0.15) is 0 Å². The fraction of sp³-hybridized carbons (Fsp3) is 0.400. The molecule has 0 aliphatic carbocycles. The molecule has 2 nitrogen and oxygen atoms in total. The first-order chi connectivity index (χ1) is 5.74. The molecule has 2 N–H and O–H groups in total. The molecule has 0 saturated carbocycles. The lowest BCUT2D eigenvalue weighted by Gasteiger charge is -2.08. The third-order valence-corrected chi connectivity index (χ3v) is 1.86. The van der Waals surface area contributed by atoms with Gasteiger partial charge in [0.15, 0.2) is 0 Å². The van der Waals surface area contributed by atoms with Crippen LogP contribution in [0.25, 0.3) is 0 Å². The predicted octanol–water partition coefficient (Wildman–Crippen LogP) is 1.41. The van der Waals surface area contributed by atoms with Crippen molar-refractivity contribution in [1.82, 2.24) is 0 Å². The first kappa shape index (κ1) is 9.23. The molecule has 0 fully saturated rings. The van der Waals surface area contributed by atoms with Crippen LogP contribution in [0.15, 0.2) is 24.3 Å². The van der Waals surface area contributed by atoms with Crippen molar-refractivity contribution in [3.05, 3.63) is 35.4 Å². The van der Waals surface area contributed by atoms with Crippen LogP contribution < -0.4 is 0 Å². The number of hydrogen-bond donors (Lipinski definition) is 2. The minimum absolute atomic E-state index is 0.0229. The highest BCUT2D eigenvalue weighted by molar-refractivity contribution is 5.22. The van der Waals surface area contributed by atoms with Gasteiger partial charge in [-0.15, -0.1) is 0 Å². The lowest BCUT2D eigenvalue weighted by molar-refractivity contribution is 0.134. The van der Waals surface area contributed by atoms with Crippen molar-refractivity contribution in [2.75, 3.05) is 6.61 Å². The van der Waals surface area contributed by atoms with Crippen LogP contribution in [-0.2, 0) is 0 Å². The molecule has 66 valence electrons. The Kier molecular flexibility index (Phi) is 3.26. The first-order valence-corrected chi connectivity index (χ1v) is 4.09. The van der Waals surface area contributed by atoms with Gasteiger partial charge in [-0.05, 0) is 12.5 Å². The van der Waals surface area contributed by atoms with Gasteiger partial charge in [-0.2, -0.15) is 0 Å². The van der Waals surface area contributed by atoms with Gasteiger partial charge in [0.25, 0.3) is 0 Å². The Morgan fingerprint density at radius 1 is 1.25 bits per heavy atom. The van der Waals surface area contributed by atoms with Crippen LogP contribution in [0.5, 0.6) is 0 Å². The van der Waals surface area contributed by atoms with E-state index in [1.165, 1.54) is 5.56 Å². The van der Waals surface area contributed by atoms with E-state index in [2.05, 4.69) is 0 Å². The van der Waals surface area contributed by atoms with Gasteiger partial charge in [0.05, 0.1) is 6.10 Å². The van der Waals surface area contributed by atoms with Crippen molar-refractivity contribution in [2.45, 2.75) is 19.4 Å². The molecule has 0 aromatic heterocycles. The normalized spacial score (nSPS) is 12.9. The van der Waals surface area contributed by atoms with Crippen molar-refractivity contribution in [1.29, 1.82) is 0 Å². The van der Waals surface area contributed by atoms with Crippen LogP contribution in [0, 0.1) is 6.92 Å². The molecule has 0 radical (unpaired) electrons. The number of rotatable bonds is 3. The summed E-state index contributed by atoms with van der Waals surface area (Å²) in [5, 5.41) is 18.0. The summed E-state index contributed by atoms with van der Waals surface area (Å²) in [6, 6.07) is 7.68. The third kappa shape index (κ3) is 2.32. The minimum atomic E-state index is -0.532. The zero-order valence-corrected chi connectivity index (χ0v) is 7.20. The van der Waals surface area contributed by atoms with Crippen LogP contribution in [0.2, 0.25) is 0 Å². The first-order valence-electron chi connectivity index (χ1n) is 4.09. The molecule has 0 bridgehead atoms. The zero-order chi connectivity index (χ0) is 8.97. The van der Waals surface area contributed by atoms with Crippen molar-refractivity contribution in [3.8, 4) is 0 Å². The van der Waals surface area contributed by atoms with Gasteiger partial charge < -0.3 is 10.2 Å². The van der Waals surface area contributed by atoms with Crippen molar-refractivity contribution >= 4 is 0 Å². The predicted molar refractivity (Wildman–Crippen MR) is 47.8 cm³/mol. The summed E-state index contributed by atoms with van der Waals surface area (Å²) in [7, 11) is 0. The van der Waals surface area contributed by atoms with Crippen LogP contribution in [0.1, 0.15) is 23.7 Å². The summed E-state index contributed by atoms with van der Waals surface area (Å²) >= 11 is 0. The second kappa shape index (κ2) is 4.24. The summed E-state index contributed by atoms with van der Waals surface area (Å²) in [4.78, 5) is 0. The Balaban J connectivity index is 2.68. The van der Waals surface area contributed by atoms with Gasteiger partial charge in [0.2, 0.25) is 0 Å². The van der Waals surface area contributed by atoms with Crippen molar-refractivity contribution in [3.63, 3.8) is 0 Å². The standard InChI is InChI=1S/C10H14O2/c1-8-2-4-9(5-3-8)10(12)6-7-11/h2-5,10-12H,6-7H2,1H3. The molecule has 1 aromatic rings. The molecular weight excluding hydrogens is 152 g/mol. The molecule has 0 aliphatic rings. The summed E-state index contributed by atoms with van der Waals surface area (Å²) in [6.45, 7) is 2.03. The lowest BCUT2D eigenvalue weighted by atomic mass is 10.1. The van der Waals surface area contributed by atoms with E-state index in [1.54, 1.807) is 0 Å². The van der Waals surface area contributed by atoms with Crippen molar-refractivity contribution < 1.29 is 10.2 Å². The second-order valence-electron chi connectivity index (χ2n) is 2.94. The molecule has 1 rings (SSSR count). The van der Waals surface area contributed by atoms with E-state index in [-0.39, 0.29) is 6.61 Å². The lowest BCUT2D eigenvalue weighted by Crippen LogP contribution is -1.99. The molecule has 1 aromatic carbocycles. The van der Waals surface area contributed by atoms with Gasteiger partial charge in [-0.1, -0.05) is 29.8 Å². The number of aliphatic hydroxyl groups excluding tert-OH is 2. The van der Waals surface area contributed by atoms with E-state index < -0.39 is 6.10 Å². The van der Waals surface area contributed by atoms with E-state index in [0.29, 0.717) is 6.42 Å². The summed E-state index contributed by atoms with van der Waals surface area (Å²) in [6.07, 6.45) is -0.126. The maximum atomic E-state index is 9.45. The van der Waals surface area contributed by atoms with Crippen LogP contribution in [-0.4, -0.2) is 16.8 Å². The summed E-state index contributed by atoms with van der Waals surface area (Å²) in [5.41, 5.74) is 2.05. The van der Waals surface area contributed by atoms with Crippen LogP contribution in [0.3, 0.4) is 0 Å².